The molecule has 20 heavy (non-hydrogen) atoms. The van der Waals surface area contributed by atoms with Crippen LogP contribution in [0.25, 0.3) is 0 Å². The van der Waals surface area contributed by atoms with Crippen LogP contribution in [0.3, 0.4) is 0 Å². The number of benzene rings is 1. The Labute approximate surface area is 120 Å². The molecular weight excluding hydrogens is 254 g/mol. The number of carbonyl (C=O) groups excluding carboxylic acids is 1. The normalized spacial score (nSPS) is 21.7. The minimum Gasteiger partial charge on any atom is -0.493 e. The van der Waals surface area contributed by atoms with Crippen LogP contribution in [0.15, 0.2) is 30.3 Å². The van der Waals surface area contributed by atoms with E-state index in [0.717, 1.165) is 25.0 Å². The second-order valence-corrected chi connectivity index (χ2v) is 5.44. The van der Waals surface area contributed by atoms with Crippen molar-refractivity contribution in [2.75, 3.05) is 20.2 Å². The standard InChI is InChI=1S/C16H23NO3/c1-17(12-13-6-5-9-15(13)18)16(19)10-11-20-14-7-3-2-4-8-14/h2-4,7-8,13,15,18H,5-6,9-12H2,1H3/t13-,15-/m0/s1. The molecule has 2 atom stereocenters. The number of hydrogen-bond donors (Lipinski definition) is 1. The minimum absolute atomic E-state index is 0.0695. The van der Waals surface area contributed by atoms with E-state index in [1.165, 1.54) is 0 Å². The van der Waals surface area contributed by atoms with Crippen molar-refractivity contribution in [2.45, 2.75) is 31.8 Å². The first-order valence-corrected chi connectivity index (χ1v) is 7.26. The molecular formula is C16H23NO3. The van der Waals surface area contributed by atoms with Gasteiger partial charge in [0.15, 0.2) is 0 Å². The maximum absolute atomic E-state index is 12.0. The molecule has 2 rings (SSSR count). The number of rotatable bonds is 6. The van der Waals surface area contributed by atoms with Gasteiger partial charge in [-0.15, -0.1) is 0 Å². The van der Waals surface area contributed by atoms with Crippen molar-refractivity contribution in [1.82, 2.24) is 4.90 Å². The predicted molar refractivity (Wildman–Crippen MR) is 77.5 cm³/mol. The third-order valence-corrected chi connectivity index (χ3v) is 3.88. The van der Waals surface area contributed by atoms with E-state index in [0.29, 0.717) is 19.6 Å². The van der Waals surface area contributed by atoms with Crippen LogP contribution in [-0.4, -0.2) is 42.2 Å². The van der Waals surface area contributed by atoms with Crippen molar-refractivity contribution in [2.24, 2.45) is 5.92 Å². The fraction of sp³-hybridized carbons (Fsp3) is 0.562. The van der Waals surface area contributed by atoms with Gasteiger partial charge in [-0.3, -0.25) is 4.79 Å². The van der Waals surface area contributed by atoms with Crippen molar-refractivity contribution < 1.29 is 14.6 Å². The molecule has 1 aliphatic rings. The molecule has 0 spiro atoms. The lowest BCUT2D eigenvalue weighted by Gasteiger charge is -2.23. The Balaban J connectivity index is 1.68. The number of ether oxygens (including phenoxy) is 1. The lowest BCUT2D eigenvalue weighted by Crippen LogP contribution is -2.35. The lowest BCUT2D eigenvalue weighted by atomic mass is 10.1. The molecule has 1 amide bonds. The molecule has 0 aliphatic heterocycles. The third kappa shape index (κ3) is 4.23. The molecule has 0 aromatic heterocycles. The number of para-hydroxylation sites is 1. The van der Waals surface area contributed by atoms with Crippen LogP contribution in [0.2, 0.25) is 0 Å². The lowest BCUT2D eigenvalue weighted by molar-refractivity contribution is -0.131. The summed E-state index contributed by atoms with van der Waals surface area (Å²) in [5.41, 5.74) is 0. The van der Waals surface area contributed by atoms with E-state index in [1.807, 2.05) is 30.3 Å². The number of aliphatic hydroxyl groups excluding tert-OH is 1. The number of nitrogens with zero attached hydrogens (tertiary/aromatic N) is 1. The summed E-state index contributed by atoms with van der Waals surface area (Å²) in [6, 6.07) is 9.50. The smallest absolute Gasteiger partial charge is 0.225 e. The molecule has 1 aromatic rings. The topological polar surface area (TPSA) is 49.8 Å². The summed E-state index contributed by atoms with van der Waals surface area (Å²) < 4.78 is 5.52. The molecule has 1 aliphatic carbocycles. The molecule has 4 heteroatoms. The Hall–Kier alpha value is -1.55. The maximum Gasteiger partial charge on any atom is 0.225 e. The summed E-state index contributed by atoms with van der Waals surface area (Å²) >= 11 is 0. The van der Waals surface area contributed by atoms with Gasteiger partial charge in [-0.05, 0) is 25.0 Å². The van der Waals surface area contributed by atoms with Gasteiger partial charge in [-0.1, -0.05) is 24.6 Å². The molecule has 110 valence electrons. The highest BCUT2D eigenvalue weighted by molar-refractivity contribution is 5.76. The van der Waals surface area contributed by atoms with E-state index in [9.17, 15) is 9.90 Å². The first-order valence-electron chi connectivity index (χ1n) is 7.26. The summed E-state index contributed by atoms with van der Waals surface area (Å²) in [6.07, 6.45) is 3.06. The van der Waals surface area contributed by atoms with Gasteiger partial charge in [0.05, 0.1) is 19.1 Å². The molecule has 1 fully saturated rings. The molecule has 0 bridgehead atoms. The highest BCUT2D eigenvalue weighted by Gasteiger charge is 2.27. The van der Waals surface area contributed by atoms with Crippen LogP contribution < -0.4 is 4.74 Å². The van der Waals surface area contributed by atoms with Crippen LogP contribution in [0, 0.1) is 5.92 Å². The molecule has 1 aromatic carbocycles. The second-order valence-electron chi connectivity index (χ2n) is 5.44. The largest absolute Gasteiger partial charge is 0.493 e. The zero-order chi connectivity index (χ0) is 14.4. The first-order chi connectivity index (χ1) is 9.66. The Morgan fingerprint density at radius 3 is 2.75 bits per heavy atom. The van der Waals surface area contributed by atoms with Gasteiger partial charge in [0.25, 0.3) is 0 Å². The van der Waals surface area contributed by atoms with Crippen LogP contribution in [0.5, 0.6) is 5.75 Å². The van der Waals surface area contributed by atoms with Gasteiger partial charge in [0.2, 0.25) is 5.91 Å². The maximum atomic E-state index is 12.0. The summed E-state index contributed by atoms with van der Waals surface area (Å²) in [7, 11) is 1.80. The molecule has 1 N–H and O–H groups in total. The SMILES string of the molecule is CN(C[C@@H]1CCC[C@@H]1O)C(=O)CCOc1ccccc1. The zero-order valence-electron chi connectivity index (χ0n) is 12.0. The highest BCUT2D eigenvalue weighted by atomic mass is 16.5. The quantitative estimate of drug-likeness (QED) is 0.866. The van der Waals surface area contributed by atoms with Gasteiger partial charge in [0.1, 0.15) is 5.75 Å². The molecule has 0 saturated heterocycles. The highest BCUT2D eigenvalue weighted by Crippen LogP contribution is 2.26. The third-order valence-electron chi connectivity index (χ3n) is 3.88. The van der Waals surface area contributed by atoms with Crippen molar-refractivity contribution >= 4 is 5.91 Å². The van der Waals surface area contributed by atoms with Crippen LogP contribution in [-0.2, 0) is 4.79 Å². The molecule has 1 saturated carbocycles. The van der Waals surface area contributed by atoms with Gasteiger partial charge >= 0.3 is 0 Å². The van der Waals surface area contributed by atoms with Crippen molar-refractivity contribution in [3.63, 3.8) is 0 Å². The van der Waals surface area contributed by atoms with Crippen LogP contribution in [0.1, 0.15) is 25.7 Å². The molecule has 0 heterocycles. The van der Waals surface area contributed by atoms with Gasteiger partial charge in [0, 0.05) is 19.5 Å². The minimum atomic E-state index is -0.245. The fourth-order valence-electron chi connectivity index (χ4n) is 2.65. The van der Waals surface area contributed by atoms with Crippen molar-refractivity contribution in [3.8, 4) is 5.75 Å². The number of amides is 1. The molecule has 0 unspecified atom stereocenters. The summed E-state index contributed by atoms with van der Waals surface area (Å²) in [5, 5.41) is 9.78. The van der Waals surface area contributed by atoms with E-state index < -0.39 is 0 Å². The Morgan fingerprint density at radius 1 is 1.35 bits per heavy atom. The van der Waals surface area contributed by atoms with Crippen LogP contribution in [0.4, 0.5) is 0 Å². The average molecular weight is 277 g/mol. The predicted octanol–water partition coefficient (Wildman–Crippen LogP) is 2.07. The molecule has 4 nitrogen and oxygen atoms in total. The summed E-state index contributed by atoms with van der Waals surface area (Å²) in [5.74, 6) is 1.09. The molecule has 0 radical (unpaired) electrons. The van der Waals surface area contributed by atoms with Gasteiger partial charge in [-0.25, -0.2) is 0 Å². The Morgan fingerprint density at radius 2 is 2.10 bits per heavy atom. The number of carbonyl (C=O) groups is 1. The summed E-state index contributed by atoms with van der Waals surface area (Å²) in [4.78, 5) is 13.7. The van der Waals surface area contributed by atoms with Gasteiger partial charge in [-0.2, -0.15) is 0 Å². The van der Waals surface area contributed by atoms with E-state index in [2.05, 4.69) is 0 Å². The first kappa shape index (κ1) is 14.9. The van der Waals surface area contributed by atoms with E-state index >= 15 is 0 Å². The van der Waals surface area contributed by atoms with Crippen molar-refractivity contribution in [1.29, 1.82) is 0 Å². The Kier molecular flexibility index (Phi) is 5.41. The number of aliphatic hydroxyl groups is 1. The van der Waals surface area contributed by atoms with Gasteiger partial charge < -0.3 is 14.7 Å². The summed E-state index contributed by atoms with van der Waals surface area (Å²) in [6.45, 7) is 1.03. The van der Waals surface area contributed by atoms with E-state index in [-0.39, 0.29) is 17.9 Å². The number of hydrogen-bond acceptors (Lipinski definition) is 3. The van der Waals surface area contributed by atoms with Crippen LogP contribution >= 0.6 is 0 Å². The van der Waals surface area contributed by atoms with E-state index in [4.69, 9.17) is 4.74 Å². The Bertz CT molecular complexity index is 421. The van der Waals surface area contributed by atoms with Crippen molar-refractivity contribution in [3.05, 3.63) is 30.3 Å². The zero-order valence-corrected chi connectivity index (χ0v) is 12.0. The van der Waals surface area contributed by atoms with E-state index in [1.54, 1.807) is 11.9 Å². The monoisotopic (exact) mass is 277 g/mol. The second kappa shape index (κ2) is 7.29. The fourth-order valence-corrected chi connectivity index (χ4v) is 2.65. The average Bonchev–Trinajstić information content (AvgIpc) is 2.85.